The zero-order valence-electron chi connectivity index (χ0n) is 14.0. The molecule has 0 saturated heterocycles. The Hall–Kier alpha value is -1.55. The Morgan fingerprint density at radius 2 is 2.00 bits per heavy atom. The number of hydrogen-bond donors (Lipinski definition) is 2. The number of hydrazine groups is 1. The maximum atomic E-state index is 12.3. The molecule has 0 bridgehead atoms. The average molecular weight is 292 g/mol. The lowest BCUT2D eigenvalue weighted by Crippen LogP contribution is -2.50. The number of rotatable bonds is 6. The molecule has 1 rings (SSSR count). The summed E-state index contributed by atoms with van der Waals surface area (Å²) in [5.41, 5.74) is 7.59. The molecule has 0 spiro atoms. The molecule has 0 aliphatic carbocycles. The van der Waals surface area contributed by atoms with Gasteiger partial charge in [-0.25, -0.2) is 5.43 Å². The zero-order valence-corrected chi connectivity index (χ0v) is 14.0. The van der Waals surface area contributed by atoms with Gasteiger partial charge in [-0.15, -0.1) is 0 Å². The Bertz CT molecular complexity index is 478. The van der Waals surface area contributed by atoms with E-state index < -0.39 is 0 Å². The van der Waals surface area contributed by atoms with Gasteiger partial charge in [0, 0.05) is 17.2 Å². The average Bonchev–Trinajstić information content (AvgIpc) is 2.42. The highest BCUT2D eigenvalue weighted by molar-refractivity contribution is 5.95. The van der Waals surface area contributed by atoms with Gasteiger partial charge in [-0.3, -0.25) is 10.2 Å². The second-order valence-corrected chi connectivity index (χ2v) is 6.44. The number of amides is 1. The largest absolute Gasteiger partial charge is 0.496 e. The Morgan fingerprint density at radius 1 is 1.33 bits per heavy atom. The molecule has 1 aromatic carbocycles. The fraction of sp³-hybridized carbons (Fsp3) is 0.588. The van der Waals surface area contributed by atoms with Crippen LogP contribution in [0.1, 0.15) is 56.5 Å². The number of carbonyl (C=O) groups excluding carboxylic acids is 1. The number of hydrogen-bond acceptors (Lipinski definition) is 3. The molecular formula is C17H28N2O2. The molecule has 0 saturated carbocycles. The third kappa shape index (κ3) is 4.74. The molecule has 4 heteroatoms. The Kier molecular flexibility index (Phi) is 6.21. The Labute approximate surface area is 128 Å². The molecule has 0 radical (unpaired) electrons. The standard InChI is InChI=1S/C17H28N2O2/c1-7-9-15(17(3,4)5)18-19-16(20)13-10-8-11-14(21-6)12(13)2/h8,10-11,15,18H,7,9H2,1-6H3,(H,19,20)/t15-/m0/s1. The van der Waals surface area contributed by atoms with Gasteiger partial charge >= 0.3 is 0 Å². The number of methoxy groups -OCH3 is 1. The van der Waals surface area contributed by atoms with E-state index in [1.807, 2.05) is 19.1 Å². The van der Waals surface area contributed by atoms with E-state index in [0.717, 1.165) is 24.2 Å². The minimum atomic E-state index is -0.128. The van der Waals surface area contributed by atoms with Crippen LogP contribution in [0.5, 0.6) is 5.75 Å². The topological polar surface area (TPSA) is 50.4 Å². The summed E-state index contributed by atoms with van der Waals surface area (Å²) in [5, 5.41) is 0. The van der Waals surface area contributed by atoms with Crippen LogP contribution in [0.2, 0.25) is 0 Å². The number of nitrogens with one attached hydrogen (secondary N) is 2. The van der Waals surface area contributed by atoms with E-state index in [1.54, 1.807) is 13.2 Å². The molecule has 1 aromatic rings. The van der Waals surface area contributed by atoms with Crippen LogP contribution in [0, 0.1) is 12.3 Å². The molecule has 0 aliphatic heterocycles. The lowest BCUT2D eigenvalue weighted by molar-refractivity contribution is 0.0903. The maximum absolute atomic E-state index is 12.3. The lowest BCUT2D eigenvalue weighted by Gasteiger charge is -2.31. The fourth-order valence-corrected chi connectivity index (χ4v) is 2.31. The summed E-state index contributed by atoms with van der Waals surface area (Å²) in [7, 11) is 1.61. The quantitative estimate of drug-likeness (QED) is 0.790. The third-order valence-electron chi connectivity index (χ3n) is 3.73. The molecular weight excluding hydrogens is 264 g/mol. The van der Waals surface area contributed by atoms with Gasteiger partial charge < -0.3 is 4.74 Å². The van der Waals surface area contributed by atoms with Crippen molar-refractivity contribution in [2.45, 2.75) is 53.5 Å². The van der Waals surface area contributed by atoms with Crippen molar-refractivity contribution >= 4 is 5.91 Å². The van der Waals surface area contributed by atoms with Crippen LogP contribution in [0.3, 0.4) is 0 Å². The monoisotopic (exact) mass is 292 g/mol. The van der Waals surface area contributed by atoms with Crippen LogP contribution < -0.4 is 15.6 Å². The highest BCUT2D eigenvalue weighted by atomic mass is 16.5. The van der Waals surface area contributed by atoms with E-state index in [-0.39, 0.29) is 17.4 Å². The summed E-state index contributed by atoms with van der Waals surface area (Å²) in [4.78, 5) is 12.3. The summed E-state index contributed by atoms with van der Waals surface area (Å²) in [6.45, 7) is 10.5. The Balaban J connectivity index is 2.77. The minimum Gasteiger partial charge on any atom is -0.496 e. The summed E-state index contributed by atoms with van der Waals surface area (Å²) >= 11 is 0. The lowest BCUT2D eigenvalue weighted by atomic mass is 9.84. The highest BCUT2D eigenvalue weighted by Crippen LogP contribution is 2.23. The summed E-state index contributed by atoms with van der Waals surface area (Å²) in [5.74, 6) is 0.598. The van der Waals surface area contributed by atoms with Gasteiger partial charge in [-0.2, -0.15) is 0 Å². The molecule has 118 valence electrons. The van der Waals surface area contributed by atoms with Crippen LogP contribution in [0.15, 0.2) is 18.2 Å². The molecule has 1 amide bonds. The minimum absolute atomic E-state index is 0.0900. The second kappa shape index (κ2) is 7.46. The van der Waals surface area contributed by atoms with Crippen molar-refractivity contribution in [2.24, 2.45) is 5.41 Å². The van der Waals surface area contributed by atoms with Crippen LogP contribution >= 0.6 is 0 Å². The van der Waals surface area contributed by atoms with E-state index in [2.05, 4.69) is 38.5 Å². The van der Waals surface area contributed by atoms with Crippen LogP contribution in [0.4, 0.5) is 0 Å². The second-order valence-electron chi connectivity index (χ2n) is 6.44. The first-order chi connectivity index (χ1) is 9.81. The van der Waals surface area contributed by atoms with Gasteiger partial charge in [0.15, 0.2) is 0 Å². The van der Waals surface area contributed by atoms with E-state index in [4.69, 9.17) is 4.74 Å². The highest BCUT2D eigenvalue weighted by Gasteiger charge is 2.24. The molecule has 0 unspecified atom stereocenters. The van der Waals surface area contributed by atoms with Crippen LogP contribution in [-0.2, 0) is 0 Å². The van der Waals surface area contributed by atoms with Crippen molar-refractivity contribution in [3.05, 3.63) is 29.3 Å². The first kappa shape index (κ1) is 17.5. The third-order valence-corrected chi connectivity index (χ3v) is 3.73. The van der Waals surface area contributed by atoms with Gasteiger partial charge in [0.25, 0.3) is 5.91 Å². The molecule has 0 fully saturated rings. The molecule has 0 heterocycles. The molecule has 21 heavy (non-hydrogen) atoms. The summed E-state index contributed by atoms with van der Waals surface area (Å²) < 4.78 is 5.25. The van der Waals surface area contributed by atoms with Gasteiger partial charge in [0.1, 0.15) is 5.75 Å². The van der Waals surface area contributed by atoms with Crippen molar-refractivity contribution in [3.8, 4) is 5.75 Å². The molecule has 1 atom stereocenters. The summed E-state index contributed by atoms with van der Waals surface area (Å²) in [6, 6.07) is 5.72. The van der Waals surface area contributed by atoms with Crippen molar-refractivity contribution in [3.63, 3.8) is 0 Å². The predicted octanol–water partition coefficient (Wildman–Crippen LogP) is 3.45. The van der Waals surface area contributed by atoms with Crippen molar-refractivity contribution in [1.82, 2.24) is 10.9 Å². The van der Waals surface area contributed by atoms with Crippen LogP contribution in [-0.4, -0.2) is 19.1 Å². The van der Waals surface area contributed by atoms with Gasteiger partial charge in [-0.1, -0.05) is 40.2 Å². The number of carbonyl (C=O) groups is 1. The van der Waals surface area contributed by atoms with E-state index >= 15 is 0 Å². The van der Waals surface area contributed by atoms with E-state index in [9.17, 15) is 4.79 Å². The van der Waals surface area contributed by atoms with Crippen molar-refractivity contribution < 1.29 is 9.53 Å². The molecule has 0 aromatic heterocycles. The van der Waals surface area contributed by atoms with E-state index in [0.29, 0.717) is 5.56 Å². The molecule has 2 N–H and O–H groups in total. The predicted molar refractivity (Wildman–Crippen MR) is 86.5 cm³/mol. The van der Waals surface area contributed by atoms with Gasteiger partial charge in [0.05, 0.1) is 7.11 Å². The van der Waals surface area contributed by atoms with E-state index in [1.165, 1.54) is 0 Å². The van der Waals surface area contributed by atoms with Crippen molar-refractivity contribution in [1.29, 1.82) is 0 Å². The SMILES string of the molecule is CCC[C@H](NNC(=O)c1cccc(OC)c1C)C(C)(C)C. The zero-order chi connectivity index (χ0) is 16.0. The van der Waals surface area contributed by atoms with Gasteiger partial charge in [0.2, 0.25) is 0 Å². The molecule has 0 aliphatic rings. The van der Waals surface area contributed by atoms with Crippen molar-refractivity contribution in [2.75, 3.05) is 7.11 Å². The normalized spacial score (nSPS) is 12.9. The fourth-order valence-electron chi connectivity index (χ4n) is 2.31. The number of ether oxygens (including phenoxy) is 1. The summed E-state index contributed by atoms with van der Waals surface area (Å²) in [6.07, 6.45) is 2.09. The smallest absolute Gasteiger partial charge is 0.265 e. The van der Waals surface area contributed by atoms with Gasteiger partial charge in [-0.05, 0) is 30.9 Å². The molecule has 4 nitrogen and oxygen atoms in total. The van der Waals surface area contributed by atoms with Crippen LogP contribution in [0.25, 0.3) is 0 Å². The Morgan fingerprint density at radius 3 is 2.52 bits per heavy atom. The number of benzene rings is 1. The first-order valence-electron chi connectivity index (χ1n) is 7.50. The first-order valence-corrected chi connectivity index (χ1v) is 7.50. The maximum Gasteiger partial charge on any atom is 0.265 e.